The Morgan fingerprint density at radius 3 is 3.00 bits per heavy atom. The monoisotopic (exact) mass is 343 g/mol. The Labute approximate surface area is 145 Å². The van der Waals surface area contributed by atoms with Crippen LogP contribution in [0.1, 0.15) is 41.5 Å². The number of hydrogen-bond donors (Lipinski definition) is 0. The van der Waals surface area contributed by atoms with Crippen molar-refractivity contribution in [2.24, 2.45) is 0 Å². The fourth-order valence-electron chi connectivity index (χ4n) is 3.47. The van der Waals surface area contributed by atoms with Crippen molar-refractivity contribution in [2.75, 3.05) is 26.4 Å². The zero-order valence-electron chi connectivity index (χ0n) is 14.2. The van der Waals surface area contributed by atoms with E-state index in [1.807, 2.05) is 18.2 Å². The fraction of sp³-hybridized carbons (Fsp3) is 0.500. The van der Waals surface area contributed by atoms with Gasteiger partial charge in [-0.1, -0.05) is 24.3 Å². The third kappa shape index (κ3) is 3.29. The number of nitrogens with zero attached hydrogens (tertiary/aromatic N) is 3. The van der Waals surface area contributed by atoms with Gasteiger partial charge in [-0.05, 0) is 17.5 Å². The summed E-state index contributed by atoms with van der Waals surface area (Å²) in [5.74, 6) is 0.930. The number of fused-ring (bicyclic) bond motifs is 1. The van der Waals surface area contributed by atoms with E-state index in [0.29, 0.717) is 44.6 Å². The van der Waals surface area contributed by atoms with Crippen molar-refractivity contribution in [1.82, 2.24) is 15.1 Å². The summed E-state index contributed by atoms with van der Waals surface area (Å²) in [4.78, 5) is 14.7. The Hall–Kier alpha value is -2.25. The van der Waals surface area contributed by atoms with Gasteiger partial charge in [-0.15, -0.1) is 10.2 Å². The largest absolute Gasteiger partial charge is 0.423 e. The highest BCUT2D eigenvalue weighted by atomic mass is 16.5. The number of hydrogen-bond acceptors (Lipinski definition) is 6. The first-order chi connectivity index (χ1) is 12.2. The Morgan fingerprint density at radius 2 is 2.16 bits per heavy atom. The molecule has 4 rings (SSSR count). The average molecular weight is 343 g/mol. The SMILES string of the molecule is Cc1nnc(C2COCCN2C(=O)CC2OCCc3ccccc32)o1. The standard InChI is InChI=1S/C18H21N3O4/c1-12-19-20-18(25-12)15-11-23-9-7-21(15)17(22)10-16-14-5-3-2-4-13(14)6-8-24-16/h2-5,15-16H,6-11H2,1H3. The van der Waals surface area contributed by atoms with Crippen molar-refractivity contribution in [1.29, 1.82) is 0 Å². The number of ether oxygens (including phenoxy) is 2. The number of morpholine rings is 1. The van der Waals surface area contributed by atoms with Crippen LogP contribution in [0.15, 0.2) is 28.7 Å². The van der Waals surface area contributed by atoms with Crippen molar-refractivity contribution < 1.29 is 18.7 Å². The molecular weight excluding hydrogens is 322 g/mol. The minimum atomic E-state index is -0.332. The second-order valence-electron chi connectivity index (χ2n) is 6.35. The molecule has 0 bridgehead atoms. The summed E-state index contributed by atoms with van der Waals surface area (Å²) in [7, 11) is 0. The number of amides is 1. The number of benzene rings is 1. The lowest BCUT2D eigenvalue weighted by atomic mass is 9.95. The maximum atomic E-state index is 13.0. The number of aryl methyl sites for hydroxylation is 1. The van der Waals surface area contributed by atoms with Gasteiger partial charge in [0.1, 0.15) is 6.04 Å². The van der Waals surface area contributed by atoms with Gasteiger partial charge in [-0.3, -0.25) is 4.79 Å². The minimum Gasteiger partial charge on any atom is -0.423 e. The Balaban J connectivity index is 1.52. The number of carbonyl (C=O) groups excluding carboxylic acids is 1. The lowest BCUT2D eigenvalue weighted by Crippen LogP contribution is -2.44. The van der Waals surface area contributed by atoms with Gasteiger partial charge in [0.2, 0.25) is 17.7 Å². The second-order valence-corrected chi connectivity index (χ2v) is 6.35. The van der Waals surface area contributed by atoms with Gasteiger partial charge in [-0.2, -0.15) is 0 Å². The Morgan fingerprint density at radius 1 is 1.28 bits per heavy atom. The van der Waals surface area contributed by atoms with E-state index in [9.17, 15) is 4.79 Å². The fourth-order valence-corrected chi connectivity index (χ4v) is 3.47. The van der Waals surface area contributed by atoms with Crippen LogP contribution < -0.4 is 0 Å². The van der Waals surface area contributed by atoms with E-state index in [0.717, 1.165) is 12.0 Å². The van der Waals surface area contributed by atoms with Gasteiger partial charge in [0.15, 0.2) is 0 Å². The van der Waals surface area contributed by atoms with E-state index >= 15 is 0 Å². The molecule has 1 amide bonds. The van der Waals surface area contributed by atoms with Gasteiger partial charge >= 0.3 is 0 Å². The van der Waals surface area contributed by atoms with Gasteiger partial charge in [0, 0.05) is 13.5 Å². The predicted octanol–water partition coefficient (Wildman–Crippen LogP) is 1.98. The lowest BCUT2D eigenvalue weighted by molar-refractivity contribution is -0.144. The topological polar surface area (TPSA) is 77.7 Å². The van der Waals surface area contributed by atoms with Crippen LogP contribution in [-0.4, -0.2) is 47.4 Å². The molecule has 7 nitrogen and oxygen atoms in total. The van der Waals surface area contributed by atoms with E-state index in [4.69, 9.17) is 13.9 Å². The summed E-state index contributed by atoms with van der Waals surface area (Å²) < 4.78 is 16.9. The van der Waals surface area contributed by atoms with Crippen molar-refractivity contribution in [2.45, 2.75) is 31.9 Å². The quantitative estimate of drug-likeness (QED) is 0.848. The van der Waals surface area contributed by atoms with Crippen molar-refractivity contribution in [3.63, 3.8) is 0 Å². The maximum absolute atomic E-state index is 13.0. The first-order valence-corrected chi connectivity index (χ1v) is 8.59. The summed E-state index contributed by atoms with van der Waals surface area (Å²) in [5.41, 5.74) is 2.37. The number of carbonyl (C=O) groups is 1. The van der Waals surface area contributed by atoms with Gasteiger partial charge in [0.25, 0.3) is 0 Å². The molecule has 1 aromatic heterocycles. The second kappa shape index (κ2) is 6.93. The Bertz CT molecular complexity index is 760. The highest BCUT2D eigenvalue weighted by Crippen LogP contribution is 2.32. The average Bonchev–Trinajstić information content (AvgIpc) is 3.08. The van der Waals surface area contributed by atoms with Gasteiger partial charge in [0.05, 0.1) is 32.3 Å². The normalized spacial score (nSPS) is 23.3. The molecule has 1 aromatic carbocycles. The van der Waals surface area contributed by atoms with Crippen molar-refractivity contribution in [3.8, 4) is 0 Å². The molecule has 0 N–H and O–H groups in total. The highest BCUT2D eigenvalue weighted by Gasteiger charge is 2.34. The van der Waals surface area contributed by atoms with Crippen molar-refractivity contribution >= 4 is 5.91 Å². The van der Waals surface area contributed by atoms with Crippen LogP contribution in [0, 0.1) is 6.92 Å². The molecule has 0 aliphatic carbocycles. The number of aromatic nitrogens is 2. The summed E-state index contributed by atoms with van der Waals surface area (Å²) in [6, 6.07) is 7.84. The van der Waals surface area contributed by atoms with Gasteiger partial charge in [-0.25, -0.2) is 0 Å². The van der Waals surface area contributed by atoms with Crippen molar-refractivity contribution in [3.05, 3.63) is 47.2 Å². The summed E-state index contributed by atoms with van der Waals surface area (Å²) >= 11 is 0. The van der Waals surface area contributed by atoms with Crippen LogP contribution in [-0.2, 0) is 20.7 Å². The molecule has 0 radical (unpaired) electrons. The third-order valence-corrected chi connectivity index (χ3v) is 4.73. The van der Waals surface area contributed by atoms with E-state index in [2.05, 4.69) is 16.3 Å². The molecule has 1 fully saturated rings. The molecule has 2 aromatic rings. The summed E-state index contributed by atoms with van der Waals surface area (Å²) in [5, 5.41) is 7.93. The van der Waals surface area contributed by atoms with E-state index in [1.54, 1.807) is 11.8 Å². The van der Waals surface area contributed by atoms with Gasteiger partial charge < -0.3 is 18.8 Å². The molecule has 0 saturated carbocycles. The molecule has 3 heterocycles. The first kappa shape index (κ1) is 16.2. The first-order valence-electron chi connectivity index (χ1n) is 8.59. The third-order valence-electron chi connectivity index (χ3n) is 4.73. The van der Waals surface area contributed by atoms with E-state index < -0.39 is 0 Å². The molecule has 2 aliphatic heterocycles. The maximum Gasteiger partial charge on any atom is 0.241 e. The molecule has 25 heavy (non-hydrogen) atoms. The van der Waals surface area contributed by atoms with Crippen LogP contribution in [0.25, 0.3) is 0 Å². The van der Waals surface area contributed by atoms with E-state index in [1.165, 1.54) is 5.56 Å². The zero-order chi connectivity index (χ0) is 17.2. The molecule has 2 unspecified atom stereocenters. The highest BCUT2D eigenvalue weighted by molar-refractivity contribution is 5.77. The molecule has 2 atom stereocenters. The van der Waals surface area contributed by atoms with E-state index in [-0.39, 0.29) is 18.1 Å². The van der Waals surface area contributed by atoms with Crippen LogP contribution in [0.4, 0.5) is 0 Å². The summed E-state index contributed by atoms with van der Waals surface area (Å²) in [6.07, 6.45) is 0.994. The molecule has 2 aliphatic rings. The molecular formula is C18H21N3O4. The van der Waals surface area contributed by atoms with Crippen LogP contribution in [0.5, 0.6) is 0 Å². The Kier molecular flexibility index (Phi) is 4.50. The molecule has 0 spiro atoms. The number of rotatable bonds is 3. The smallest absolute Gasteiger partial charge is 0.241 e. The van der Waals surface area contributed by atoms with Crippen LogP contribution >= 0.6 is 0 Å². The van der Waals surface area contributed by atoms with Crippen LogP contribution in [0.2, 0.25) is 0 Å². The molecule has 132 valence electrons. The zero-order valence-corrected chi connectivity index (χ0v) is 14.2. The molecule has 7 heteroatoms. The minimum absolute atomic E-state index is 0.0193. The lowest BCUT2D eigenvalue weighted by Gasteiger charge is -2.35. The predicted molar refractivity (Wildman–Crippen MR) is 87.8 cm³/mol. The molecule has 1 saturated heterocycles. The van der Waals surface area contributed by atoms with Crippen LogP contribution in [0.3, 0.4) is 0 Å². The summed E-state index contributed by atoms with van der Waals surface area (Å²) in [6.45, 7) is 3.77.